The average molecular weight is 382 g/mol. The zero-order valence-corrected chi connectivity index (χ0v) is 15.0. The van der Waals surface area contributed by atoms with E-state index >= 15 is 0 Å². The molecule has 0 atom stereocenters. The van der Waals surface area contributed by atoms with Gasteiger partial charge in [0.05, 0.1) is 5.41 Å². The third-order valence-electron chi connectivity index (χ3n) is 4.67. The number of carboxylic acids is 1. The second kappa shape index (κ2) is 7.72. The molecule has 5 heteroatoms. The maximum atomic E-state index is 13.6. The fourth-order valence-electron chi connectivity index (χ4n) is 3.27. The number of carbonyl (C=O) groups is 1. The Morgan fingerprint density at radius 3 is 1.25 bits per heavy atom. The van der Waals surface area contributed by atoms with Crippen molar-refractivity contribution >= 4 is 5.97 Å². The number of rotatable bonds is 5. The van der Waals surface area contributed by atoms with E-state index in [2.05, 4.69) is 0 Å². The van der Waals surface area contributed by atoms with Gasteiger partial charge in [-0.05, 0) is 60.0 Å². The van der Waals surface area contributed by atoms with Crippen LogP contribution in [0, 0.1) is 17.5 Å². The molecule has 1 N–H and O–H groups in total. The fraction of sp³-hybridized carbons (Fsp3) is 0.0870. The maximum Gasteiger partial charge on any atom is 0.330 e. The van der Waals surface area contributed by atoms with Gasteiger partial charge in [-0.1, -0.05) is 42.5 Å². The Bertz CT molecular complexity index is 894. The van der Waals surface area contributed by atoms with Crippen LogP contribution in [-0.4, -0.2) is 11.1 Å². The molecule has 142 valence electrons. The molecule has 0 aliphatic carbocycles. The normalized spacial score (nSPS) is 12.1. The first-order valence-corrected chi connectivity index (χ1v) is 8.54. The van der Waals surface area contributed by atoms with Crippen molar-refractivity contribution in [1.82, 2.24) is 0 Å². The topological polar surface area (TPSA) is 37.3 Å². The number of hydrogen-bond acceptors (Lipinski definition) is 1. The molecule has 0 unspecified atom stereocenters. The van der Waals surface area contributed by atoms with Crippen LogP contribution in [-0.2, 0) is 10.2 Å². The minimum atomic E-state index is -1.18. The summed E-state index contributed by atoms with van der Waals surface area (Å²) in [5.74, 6) is -2.48. The Morgan fingerprint density at radius 1 is 0.714 bits per heavy atom. The summed E-state index contributed by atoms with van der Waals surface area (Å²) in [6.07, 6.45) is 1.52. The van der Waals surface area contributed by atoms with Crippen LogP contribution in [0.15, 0.2) is 84.4 Å². The van der Waals surface area contributed by atoms with E-state index in [-0.39, 0.29) is 5.57 Å². The van der Waals surface area contributed by atoms with Crippen LogP contribution in [0.5, 0.6) is 0 Å². The molecule has 0 aliphatic heterocycles. The van der Waals surface area contributed by atoms with Gasteiger partial charge in [0.25, 0.3) is 0 Å². The number of allylic oxidation sites excluding steroid dienone is 1. The predicted molar refractivity (Wildman–Crippen MR) is 100 cm³/mol. The molecule has 0 amide bonds. The van der Waals surface area contributed by atoms with E-state index in [0.717, 1.165) is 0 Å². The first kappa shape index (κ1) is 19.4. The molecule has 0 saturated carbocycles. The molecule has 0 spiro atoms. The van der Waals surface area contributed by atoms with Crippen LogP contribution in [0.4, 0.5) is 13.2 Å². The third kappa shape index (κ3) is 3.69. The maximum absolute atomic E-state index is 13.6. The Kier molecular flexibility index (Phi) is 5.36. The van der Waals surface area contributed by atoms with Gasteiger partial charge in [-0.15, -0.1) is 0 Å². The van der Waals surface area contributed by atoms with Crippen molar-refractivity contribution in [3.8, 4) is 0 Å². The second-order valence-corrected chi connectivity index (χ2v) is 6.46. The molecule has 3 rings (SSSR count). The zero-order chi connectivity index (χ0) is 20.3. The summed E-state index contributed by atoms with van der Waals surface area (Å²) in [6, 6.07) is 16.8. The monoisotopic (exact) mass is 382 g/mol. The van der Waals surface area contributed by atoms with Crippen molar-refractivity contribution in [2.24, 2.45) is 0 Å². The van der Waals surface area contributed by atoms with Crippen molar-refractivity contribution in [2.75, 3.05) is 0 Å². The van der Waals surface area contributed by atoms with Gasteiger partial charge in [-0.2, -0.15) is 0 Å². The molecule has 3 aromatic carbocycles. The van der Waals surface area contributed by atoms with Crippen LogP contribution in [0.3, 0.4) is 0 Å². The van der Waals surface area contributed by atoms with Crippen molar-refractivity contribution in [3.63, 3.8) is 0 Å². The highest BCUT2D eigenvalue weighted by atomic mass is 19.1. The number of carboxylic acid groups (broad SMARTS) is 1. The van der Waals surface area contributed by atoms with Gasteiger partial charge in [-0.3, -0.25) is 0 Å². The highest BCUT2D eigenvalue weighted by Crippen LogP contribution is 2.41. The molecular weight excluding hydrogens is 365 g/mol. The molecule has 0 aromatic heterocycles. The number of hydrogen-bond donors (Lipinski definition) is 1. The summed E-state index contributed by atoms with van der Waals surface area (Å²) in [7, 11) is 0. The lowest BCUT2D eigenvalue weighted by Gasteiger charge is -2.33. The van der Waals surface area contributed by atoms with Crippen molar-refractivity contribution in [2.45, 2.75) is 12.3 Å². The van der Waals surface area contributed by atoms with E-state index in [1.807, 2.05) is 0 Å². The minimum Gasteiger partial charge on any atom is -0.478 e. The first-order chi connectivity index (χ1) is 13.3. The Morgan fingerprint density at radius 2 is 1.00 bits per heavy atom. The smallest absolute Gasteiger partial charge is 0.330 e. The molecule has 0 fully saturated rings. The summed E-state index contributed by atoms with van der Waals surface area (Å²) in [4.78, 5) is 11.6. The van der Waals surface area contributed by atoms with E-state index in [0.29, 0.717) is 16.7 Å². The molecule has 0 saturated heterocycles. The van der Waals surface area contributed by atoms with Crippen LogP contribution in [0.25, 0.3) is 0 Å². The largest absolute Gasteiger partial charge is 0.478 e. The fourth-order valence-corrected chi connectivity index (χ4v) is 3.27. The van der Waals surface area contributed by atoms with Crippen LogP contribution in [0.1, 0.15) is 23.6 Å². The van der Waals surface area contributed by atoms with Gasteiger partial charge >= 0.3 is 5.97 Å². The summed E-state index contributed by atoms with van der Waals surface area (Å²) < 4.78 is 40.7. The minimum absolute atomic E-state index is 0.0398. The standard InChI is InChI=1S/C23H17F3O2/c1-15(22(27)28)14-23(16-2-8-19(24)9-3-16,17-4-10-20(25)11-5-17)18-6-12-21(26)13-7-18/h2-14H,1H3,(H,27,28). The quantitative estimate of drug-likeness (QED) is 0.469. The predicted octanol–water partition coefficient (Wildman–Crippen LogP) is 5.47. The summed E-state index contributed by atoms with van der Waals surface area (Å²) in [5.41, 5.74) is 0.545. The summed E-state index contributed by atoms with van der Waals surface area (Å²) >= 11 is 0. The first-order valence-electron chi connectivity index (χ1n) is 8.54. The summed E-state index contributed by atoms with van der Waals surface area (Å²) in [6.45, 7) is 1.44. The van der Waals surface area contributed by atoms with Crippen molar-refractivity contribution < 1.29 is 23.1 Å². The highest BCUT2D eigenvalue weighted by Gasteiger charge is 2.35. The van der Waals surface area contributed by atoms with Gasteiger partial charge in [0.1, 0.15) is 17.5 Å². The van der Waals surface area contributed by atoms with E-state index < -0.39 is 28.8 Å². The lowest BCUT2D eigenvalue weighted by atomic mass is 9.68. The zero-order valence-electron chi connectivity index (χ0n) is 15.0. The molecule has 0 radical (unpaired) electrons. The average Bonchev–Trinajstić information content (AvgIpc) is 2.68. The molecule has 2 nitrogen and oxygen atoms in total. The van der Waals surface area contributed by atoms with Crippen LogP contribution < -0.4 is 0 Å². The molecular formula is C23H17F3O2. The van der Waals surface area contributed by atoms with Gasteiger partial charge < -0.3 is 5.11 Å². The van der Waals surface area contributed by atoms with Gasteiger partial charge in [0.2, 0.25) is 0 Å². The highest BCUT2D eigenvalue weighted by molar-refractivity contribution is 5.86. The lowest BCUT2D eigenvalue weighted by molar-refractivity contribution is -0.132. The van der Waals surface area contributed by atoms with Gasteiger partial charge in [0.15, 0.2) is 0 Å². The lowest BCUT2D eigenvalue weighted by Crippen LogP contribution is -2.28. The number of aliphatic carboxylic acids is 1. The molecule has 0 heterocycles. The van der Waals surface area contributed by atoms with E-state index in [1.165, 1.54) is 85.8 Å². The van der Waals surface area contributed by atoms with Crippen LogP contribution in [0.2, 0.25) is 0 Å². The van der Waals surface area contributed by atoms with Crippen LogP contribution >= 0.6 is 0 Å². The number of halogens is 3. The third-order valence-corrected chi connectivity index (χ3v) is 4.67. The van der Waals surface area contributed by atoms with E-state index in [9.17, 15) is 23.1 Å². The van der Waals surface area contributed by atoms with Crippen molar-refractivity contribution in [3.05, 3.63) is 119 Å². The SMILES string of the molecule is CC(=CC(c1ccc(F)cc1)(c1ccc(F)cc1)c1ccc(F)cc1)C(=O)O. The number of benzene rings is 3. The Balaban J connectivity index is 2.41. The second-order valence-electron chi connectivity index (χ2n) is 6.46. The van der Waals surface area contributed by atoms with E-state index in [1.54, 1.807) is 0 Å². The molecule has 28 heavy (non-hydrogen) atoms. The molecule has 0 bridgehead atoms. The van der Waals surface area contributed by atoms with Gasteiger partial charge in [-0.25, -0.2) is 18.0 Å². The summed E-state index contributed by atoms with van der Waals surface area (Å²) in [5, 5.41) is 9.47. The molecule has 0 aliphatic rings. The Hall–Kier alpha value is -3.34. The van der Waals surface area contributed by atoms with E-state index in [4.69, 9.17) is 0 Å². The molecule has 3 aromatic rings. The van der Waals surface area contributed by atoms with Gasteiger partial charge in [0, 0.05) is 5.57 Å². The Labute approximate surface area is 160 Å². The van der Waals surface area contributed by atoms with Crippen molar-refractivity contribution in [1.29, 1.82) is 0 Å².